The zero-order valence-electron chi connectivity index (χ0n) is 33.7. The van der Waals surface area contributed by atoms with Crippen molar-refractivity contribution in [3.63, 3.8) is 0 Å². The van der Waals surface area contributed by atoms with E-state index in [1.54, 1.807) is 19.1 Å². The van der Waals surface area contributed by atoms with Crippen LogP contribution in [0.15, 0.2) is 33.5 Å². The third-order valence-electron chi connectivity index (χ3n) is 10.1. The number of carboxylic acid groups (broad SMARTS) is 1. The van der Waals surface area contributed by atoms with Gasteiger partial charge in [0.25, 0.3) is 0 Å². The summed E-state index contributed by atoms with van der Waals surface area (Å²) in [4.78, 5) is 104. The van der Waals surface area contributed by atoms with Gasteiger partial charge < -0.3 is 51.0 Å². The molecule has 7 N–H and O–H groups in total. The molecule has 314 valence electrons. The molecule has 57 heavy (non-hydrogen) atoms. The van der Waals surface area contributed by atoms with Crippen molar-refractivity contribution in [2.24, 2.45) is 5.92 Å². The fourth-order valence-corrected chi connectivity index (χ4v) is 6.34. The van der Waals surface area contributed by atoms with E-state index in [1.807, 2.05) is 32.0 Å². The minimum absolute atomic E-state index is 0.0405. The molecular weight excluding hydrogens is 742 g/mol. The van der Waals surface area contributed by atoms with E-state index in [2.05, 4.69) is 26.6 Å². The molecule has 1 fully saturated rings. The maximum absolute atomic E-state index is 13.4. The molecule has 0 bridgehead atoms. The van der Waals surface area contributed by atoms with Crippen molar-refractivity contribution in [2.75, 3.05) is 32.1 Å². The maximum Gasteiger partial charge on any atom is 0.336 e. The quantitative estimate of drug-likeness (QED) is 0.0699. The summed E-state index contributed by atoms with van der Waals surface area (Å²) in [5, 5.41) is 33.1. The highest BCUT2D eigenvalue weighted by atomic mass is 16.4. The topological polar surface area (TPSA) is 257 Å². The molecule has 18 heteroatoms. The Bertz CT molecular complexity index is 1850. The highest BCUT2D eigenvalue weighted by Crippen LogP contribution is 2.23. The Labute approximate surface area is 331 Å². The van der Waals surface area contributed by atoms with Gasteiger partial charge in [-0.2, -0.15) is 0 Å². The molecule has 6 amide bonds. The highest BCUT2D eigenvalue weighted by molar-refractivity contribution is 5.96. The Morgan fingerprint density at radius 1 is 0.895 bits per heavy atom. The molecule has 0 aliphatic carbocycles. The van der Waals surface area contributed by atoms with Crippen molar-refractivity contribution in [1.82, 2.24) is 31.5 Å². The van der Waals surface area contributed by atoms with Crippen LogP contribution >= 0.6 is 0 Å². The second-order valence-corrected chi connectivity index (χ2v) is 14.8. The summed E-state index contributed by atoms with van der Waals surface area (Å²) in [6.45, 7) is 8.23. The molecule has 1 aliphatic heterocycles. The van der Waals surface area contributed by atoms with E-state index in [4.69, 9.17) is 9.52 Å². The van der Waals surface area contributed by atoms with Gasteiger partial charge in [-0.25, -0.2) is 4.79 Å². The van der Waals surface area contributed by atoms with Gasteiger partial charge >= 0.3 is 11.6 Å². The molecule has 1 aliphatic rings. The number of unbranched alkanes of at least 4 members (excludes halogenated alkanes) is 1. The summed E-state index contributed by atoms with van der Waals surface area (Å²) in [5.74, 6) is -5.17. The number of likely N-dealkylation sites (tertiary alicyclic amines) is 1. The number of hydrogen-bond acceptors (Lipinski definition) is 11. The molecular formula is C39H57N7O11. The Balaban J connectivity index is 1.45. The van der Waals surface area contributed by atoms with Crippen LogP contribution < -0.4 is 37.1 Å². The van der Waals surface area contributed by atoms with Crippen molar-refractivity contribution in [1.29, 1.82) is 0 Å². The first-order valence-corrected chi connectivity index (χ1v) is 19.3. The Morgan fingerprint density at radius 2 is 1.58 bits per heavy atom. The number of aliphatic hydroxyl groups excluding tert-OH is 1. The highest BCUT2D eigenvalue weighted by Gasteiger charge is 2.38. The molecule has 0 radical (unpaired) electrons. The largest absolute Gasteiger partial charge is 0.480 e. The number of fused-ring (bicyclic) bond motifs is 1. The van der Waals surface area contributed by atoms with Crippen LogP contribution in [0.2, 0.25) is 0 Å². The summed E-state index contributed by atoms with van der Waals surface area (Å²) in [6.07, 6.45) is 0.718. The van der Waals surface area contributed by atoms with Gasteiger partial charge in [-0.3, -0.25) is 33.6 Å². The summed E-state index contributed by atoms with van der Waals surface area (Å²) in [7, 11) is 3.72. The number of carboxylic acids is 1. The Morgan fingerprint density at radius 3 is 2.23 bits per heavy atom. The van der Waals surface area contributed by atoms with Crippen LogP contribution in [0.1, 0.15) is 78.7 Å². The van der Waals surface area contributed by atoms with Crippen LogP contribution in [0.5, 0.6) is 0 Å². The average Bonchev–Trinajstić information content (AvgIpc) is 3.65. The summed E-state index contributed by atoms with van der Waals surface area (Å²) in [6, 6.07) is 1.36. The zero-order chi connectivity index (χ0) is 42.6. The first kappa shape index (κ1) is 45.9. The van der Waals surface area contributed by atoms with E-state index in [0.717, 1.165) is 5.69 Å². The van der Waals surface area contributed by atoms with Crippen LogP contribution in [0, 0.1) is 5.92 Å². The third-order valence-corrected chi connectivity index (χ3v) is 10.1. The fraction of sp³-hybridized carbons (Fsp3) is 0.590. The average molecular weight is 800 g/mol. The number of carbonyl (C=O) groups excluding carboxylic acids is 6. The van der Waals surface area contributed by atoms with Crippen molar-refractivity contribution in [2.45, 2.75) is 116 Å². The van der Waals surface area contributed by atoms with Crippen molar-refractivity contribution < 1.29 is 48.2 Å². The molecule has 0 spiro atoms. The lowest BCUT2D eigenvalue weighted by molar-refractivity contribution is -0.144. The molecule has 1 saturated heterocycles. The van der Waals surface area contributed by atoms with Crippen molar-refractivity contribution in [3.8, 4) is 0 Å². The standard InChI is InChI=1S/C39H57N7O11/c1-8-21(2)33(37(53)42-23(4)38(54)46-17-11-12-28(46)35(51)43-24(5)39(55)56)44-34(50)22(3)41-36(52)29(47)13-9-10-16-40-31(48)18-25-19-32(49)57-30-20-26(45(6)7)14-15-27(25)30/h14-15,19-24,28-29,33,47H,8-13,16-18H2,1-7H3,(H,40,48)(H,41,52)(H,42,53)(H,43,51)(H,44,50)(H,55,56)/t21-,22-,23-,24-,28-,29-,33-/m0/s1. The molecule has 7 atom stereocenters. The lowest BCUT2D eigenvalue weighted by Gasteiger charge is -2.30. The summed E-state index contributed by atoms with van der Waals surface area (Å²) < 4.78 is 5.32. The first-order valence-electron chi connectivity index (χ1n) is 19.3. The van der Waals surface area contributed by atoms with E-state index >= 15 is 0 Å². The zero-order valence-corrected chi connectivity index (χ0v) is 33.7. The number of aliphatic carboxylic acids is 1. The second kappa shape index (κ2) is 21.1. The van der Waals surface area contributed by atoms with Crippen molar-refractivity contribution in [3.05, 3.63) is 40.2 Å². The number of nitrogens with zero attached hydrogens (tertiary/aromatic N) is 2. The van der Waals surface area contributed by atoms with Gasteiger partial charge in [-0.15, -0.1) is 0 Å². The first-order chi connectivity index (χ1) is 26.8. The number of rotatable bonds is 20. The summed E-state index contributed by atoms with van der Waals surface area (Å²) in [5.41, 5.74) is 1.18. The predicted molar refractivity (Wildman–Crippen MR) is 210 cm³/mol. The van der Waals surface area contributed by atoms with E-state index in [1.165, 1.54) is 31.7 Å². The number of amides is 6. The molecule has 2 aromatic rings. The van der Waals surface area contributed by atoms with Gasteiger partial charge in [0.05, 0.1) is 6.42 Å². The van der Waals surface area contributed by atoms with Crippen LogP contribution in [-0.4, -0.2) is 120 Å². The Hall–Kier alpha value is -5.52. The van der Waals surface area contributed by atoms with Crippen molar-refractivity contribution >= 4 is 58.1 Å². The molecule has 2 heterocycles. The fourth-order valence-electron chi connectivity index (χ4n) is 6.34. The maximum atomic E-state index is 13.4. The van der Waals surface area contributed by atoms with Crippen LogP contribution in [0.3, 0.4) is 0 Å². The number of aliphatic hydroxyl groups is 1. The number of hydrogen-bond donors (Lipinski definition) is 7. The van der Waals surface area contributed by atoms with Gasteiger partial charge in [0.2, 0.25) is 35.4 Å². The Kier molecular flexibility index (Phi) is 17.0. The predicted octanol–water partition coefficient (Wildman–Crippen LogP) is 0.170. The van der Waals surface area contributed by atoms with Gasteiger partial charge in [0, 0.05) is 50.4 Å². The SMILES string of the molecule is CC[C@H](C)[C@H](NC(=O)[C@H](C)NC(=O)[C@@H](O)CCCCNC(=O)Cc1cc(=O)oc2cc(N(C)C)ccc12)C(=O)N[C@@H](C)C(=O)N1CCC[C@H]1C(=O)N[C@@H](C)C(=O)O. The molecule has 0 saturated carbocycles. The minimum atomic E-state index is -1.44. The van der Waals surface area contributed by atoms with Gasteiger partial charge in [-0.1, -0.05) is 20.3 Å². The summed E-state index contributed by atoms with van der Waals surface area (Å²) >= 11 is 0. The van der Waals surface area contributed by atoms with Crippen LogP contribution in [0.25, 0.3) is 11.0 Å². The van der Waals surface area contributed by atoms with E-state index < -0.39 is 77.4 Å². The molecule has 1 aromatic carbocycles. The number of carbonyl (C=O) groups is 7. The number of benzene rings is 1. The smallest absolute Gasteiger partial charge is 0.336 e. The third kappa shape index (κ3) is 13.0. The number of nitrogens with one attached hydrogen (secondary N) is 5. The van der Waals surface area contributed by atoms with Gasteiger partial charge in [0.15, 0.2) is 0 Å². The molecule has 3 rings (SSSR count). The van der Waals surface area contributed by atoms with E-state index in [-0.39, 0.29) is 37.8 Å². The van der Waals surface area contributed by atoms with E-state index in [9.17, 15) is 43.5 Å². The molecule has 0 unspecified atom stereocenters. The van der Waals surface area contributed by atoms with Gasteiger partial charge in [0.1, 0.15) is 41.9 Å². The normalized spacial score (nSPS) is 17.0. The van der Waals surface area contributed by atoms with Crippen LogP contribution in [0.4, 0.5) is 5.69 Å². The monoisotopic (exact) mass is 799 g/mol. The lowest BCUT2D eigenvalue weighted by Crippen LogP contribution is -2.59. The van der Waals surface area contributed by atoms with Crippen LogP contribution in [-0.2, 0) is 40.0 Å². The second-order valence-electron chi connectivity index (χ2n) is 14.8. The van der Waals surface area contributed by atoms with Gasteiger partial charge in [-0.05, 0) is 76.5 Å². The molecule has 1 aromatic heterocycles. The lowest BCUT2D eigenvalue weighted by atomic mass is 9.97. The minimum Gasteiger partial charge on any atom is -0.480 e. The molecule has 18 nitrogen and oxygen atoms in total. The van der Waals surface area contributed by atoms with E-state index in [0.29, 0.717) is 48.6 Å². The number of anilines is 1.